The average molecular weight is 275 g/mol. The Bertz CT molecular complexity index is 555. The molecule has 0 aliphatic heterocycles. The molecule has 0 fully saturated rings. The molecule has 0 saturated heterocycles. The fourth-order valence-electron chi connectivity index (χ4n) is 1.90. The largest absolute Gasteiger partial charge is 0.497 e. The Hall–Kier alpha value is -2.07. The summed E-state index contributed by atoms with van der Waals surface area (Å²) >= 11 is 0. The molecule has 0 radical (unpaired) electrons. The number of hydrogen-bond donors (Lipinski definition) is 1. The molecule has 20 heavy (non-hydrogen) atoms. The number of halogens is 1. The van der Waals surface area contributed by atoms with Crippen molar-refractivity contribution in [1.29, 1.82) is 0 Å². The summed E-state index contributed by atoms with van der Waals surface area (Å²) in [5.41, 5.74) is 7.37. The molecular formula is C16H18FNO2. The van der Waals surface area contributed by atoms with Crippen LogP contribution in [0.1, 0.15) is 11.1 Å². The third kappa shape index (κ3) is 3.96. The first-order valence-corrected chi connectivity index (χ1v) is 6.46. The predicted octanol–water partition coefficient (Wildman–Crippen LogP) is 2.91. The Morgan fingerprint density at radius 2 is 1.75 bits per heavy atom. The van der Waals surface area contributed by atoms with E-state index < -0.39 is 0 Å². The summed E-state index contributed by atoms with van der Waals surface area (Å²) in [6.07, 6.45) is 0.748. The third-order valence-electron chi connectivity index (χ3n) is 2.99. The van der Waals surface area contributed by atoms with E-state index in [0.717, 1.165) is 23.3 Å². The molecule has 0 spiro atoms. The minimum absolute atomic E-state index is 0.298. The van der Waals surface area contributed by atoms with Crippen molar-refractivity contribution in [1.82, 2.24) is 0 Å². The normalized spacial score (nSPS) is 10.3. The van der Waals surface area contributed by atoms with Gasteiger partial charge in [0, 0.05) is 19.0 Å². The van der Waals surface area contributed by atoms with Crippen LogP contribution in [0.15, 0.2) is 42.5 Å². The lowest BCUT2D eigenvalue weighted by atomic mass is 10.1. The number of benzene rings is 2. The highest BCUT2D eigenvalue weighted by Gasteiger charge is 2.01. The molecule has 0 aliphatic rings. The fourth-order valence-corrected chi connectivity index (χ4v) is 1.90. The van der Waals surface area contributed by atoms with Gasteiger partial charge in [0.25, 0.3) is 0 Å². The maximum atomic E-state index is 13.3. The summed E-state index contributed by atoms with van der Waals surface area (Å²) < 4.78 is 24.0. The highest BCUT2D eigenvalue weighted by atomic mass is 19.1. The van der Waals surface area contributed by atoms with Crippen LogP contribution in [-0.2, 0) is 13.0 Å². The minimum Gasteiger partial charge on any atom is -0.497 e. The van der Waals surface area contributed by atoms with Crippen LogP contribution in [0.25, 0.3) is 0 Å². The van der Waals surface area contributed by atoms with Gasteiger partial charge >= 0.3 is 0 Å². The van der Waals surface area contributed by atoms with Crippen LogP contribution in [-0.4, -0.2) is 13.7 Å². The molecule has 2 N–H and O–H groups in total. The van der Waals surface area contributed by atoms with Gasteiger partial charge in [-0.2, -0.15) is 0 Å². The van der Waals surface area contributed by atoms with Crippen molar-refractivity contribution < 1.29 is 13.9 Å². The Morgan fingerprint density at radius 1 is 1.00 bits per heavy atom. The zero-order valence-electron chi connectivity index (χ0n) is 11.4. The van der Waals surface area contributed by atoms with Crippen molar-refractivity contribution in [3.8, 4) is 11.5 Å². The summed E-state index contributed by atoms with van der Waals surface area (Å²) in [7, 11) is 1.64. The van der Waals surface area contributed by atoms with Gasteiger partial charge in [-0.15, -0.1) is 0 Å². The molecule has 0 aliphatic carbocycles. The van der Waals surface area contributed by atoms with Crippen molar-refractivity contribution in [3.63, 3.8) is 0 Å². The van der Waals surface area contributed by atoms with Gasteiger partial charge in [-0.05, 0) is 35.4 Å². The Balaban J connectivity index is 1.90. The van der Waals surface area contributed by atoms with Crippen molar-refractivity contribution in [2.75, 3.05) is 13.7 Å². The molecule has 0 aromatic heterocycles. The quantitative estimate of drug-likeness (QED) is 0.881. The standard InChI is InChI=1S/C16H18FNO2/c1-19-15-4-2-12(3-5-15)6-7-20-16-9-13(11-18)8-14(17)10-16/h2-5,8-10H,6-7,11,18H2,1H3. The molecule has 0 amide bonds. The molecule has 0 atom stereocenters. The van der Waals surface area contributed by atoms with E-state index in [-0.39, 0.29) is 5.82 Å². The molecule has 4 heteroatoms. The van der Waals surface area contributed by atoms with Gasteiger partial charge in [0.1, 0.15) is 17.3 Å². The fraction of sp³-hybridized carbons (Fsp3) is 0.250. The number of rotatable bonds is 6. The van der Waals surface area contributed by atoms with Gasteiger partial charge in [-0.25, -0.2) is 4.39 Å². The second-order valence-electron chi connectivity index (χ2n) is 4.45. The van der Waals surface area contributed by atoms with E-state index in [0.29, 0.717) is 18.9 Å². The lowest BCUT2D eigenvalue weighted by Gasteiger charge is -2.08. The molecule has 3 nitrogen and oxygen atoms in total. The highest BCUT2D eigenvalue weighted by molar-refractivity contribution is 5.30. The molecule has 0 unspecified atom stereocenters. The second kappa shape index (κ2) is 6.91. The maximum Gasteiger partial charge on any atom is 0.127 e. The van der Waals surface area contributed by atoms with Crippen LogP contribution in [0, 0.1) is 5.82 Å². The molecule has 106 valence electrons. The highest BCUT2D eigenvalue weighted by Crippen LogP contribution is 2.17. The molecule has 2 rings (SSSR count). The summed E-state index contributed by atoms with van der Waals surface area (Å²) in [5, 5.41) is 0. The molecular weight excluding hydrogens is 257 g/mol. The topological polar surface area (TPSA) is 44.5 Å². The van der Waals surface area contributed by atoms with Gasteiger partial charge in [-0.1, -0.05) is 12.1 Å². The number of ether oxygens (including phenoxy) is 2. The van der Waals surface area contributed by atoms with E-state index in [2.05, 4.69) is 0 Å². The Labute approximate surface area is 118 Å². The van der Waals surface area contributed by atoms with Crippen molar-refractivity contribution in [2.45, 2.75) is 13.0 Å². The van der Waals surface area contributed by atoms with Gasteiger partial charge in [0.15, 0.2) is 0 Å². The lowest BCUT2D eigenvalue weighted by Crippen LogP contribution is -2.03. The van der Waals surface area contributed by atoms with E-state index in [4.69, 9.17) is 15.2 Å². The second-order valence-corrected chi connectivity index (χ2v) is 4.45. The first-order valence-electron chi connectivity index (χ1n) is 6.46. The smallest absolute Gasteiger partial charge is 0.127 e. The number of nitrogens with two attached hydrogens (primary N) is 1. The molecule has 0 heterocycles. The van der Waals surface area contributed by atoms with Crippen LogP contribution >= 0.6 is 0 Å². The Kier molecular flexibility index (Phi) is 4.96. The lowest BCUT2D eigenvalue weighted by molar-refractivity contribution is 0.320. The monoisotopic (exact) mass is 275 g/mol. The maximum absolute atomic E-state index is 13.3. The van der Waals surface area contributed by atoms with Crippen molar-refractivity contribution in [3.05, 3.63) is 59.4 Å². The summed E-state index contributed by atoms with van der Waals surface area (Å²) in [6.45, 7) is 0.784. The van der Waals surface area contributed by atoms with Gasteiger partial charge in [0.05, 0.1) is 13.7 Å². The molecule has 0 saturated carbocycles. The average Bonchev–Trinajstić information content (AvgIpc) is 2.47. The van der Waals surface area contributed by atoms with E-state index in [1.165, 1.54) is 12.1 Å². The minimum atomic E-state index is -0.326. The van der Waals surface area contributed by atoms with Crippen LogP contribution in [0.4, 0.5) is 4.39 Å². The van der Waals surface area contributed by atoms with Crippen LogP contribution in [0.5, 0.6) is 11.5 Å². The number of hydrogen-bond acceptors (Lipinski definition) is 3. The van der Waals surface area contributed by atoms with Crippen LogP contribution in [0.2, 0.25) is 0 Å². The molecule has 2 aromatic carbocycles. The first-order chi connectivity index (χ1) is 9.71. The zero-order valence-corrected chi connectivity index (χ0v) is 11.4. The summed E-state index contributed by atoms with van der Waals surface area (Å²) in [4.78, 5) is 0. The van der Waals surface area contributed by atoms with Crippen molar-refractivity contribution in [2.24, 2.45) is 5.73 Å². The van der Waals surface area contributed by atoms with E-state index >= 15 is 0 Å². The van der Waals surface area contributed by atoms with Gasteiger partial charge < -0.3 is 15.2 Å². The molecule has 0 bridgehead atoms. The summed E-state index contributed by atoms with van der Waals surface area (Å²) in [5.74, 6) is 1.01. The Morgan fingerprint density at radius 3 is 2.40 bits per heavy atom. The molecule has 2 aromatic rings. The van der Waals surface area contributed by atoms with Crippen LogP contribution in [0.3, 0.4) is 0 Å². The van der Waals surface area contributed by atoms with Crippen LogP contribution < -0.4 is 15.2 Å². The van der Waals surface area contributed by atoms with Gasteiger partial charge in [-0.3, -0.25) is 0 Å². The summed E-state index contributed by atoms with van der Waals surface area (Å²) in [6, 6.07) is 12.3. The van der Waals surface area contributed by atoms with E-state index in [1.54, 1.807) is 13.2 Å². The number of methoxy groups -OCH3 is 1. The van der Waals surface area contributed by atoms with Gasteiger partial charge in [0.2, 0.25) is 0 Å². The predicted molar refractivity (Wildman–Crippen MR) is 76.5 cm³/mol. The zero-order chi connectivity index (χ0) is 14.4. The first kappa shape index (κ1) is 14.3. The SMILES string of the molecule is COc1ccc(CCOc2cc(F)cc(CN)c2)cc1. The van der Waals surface area contributed by atoms with Crippen molar-refractivity contribution >= 4 is 0 Å². The third-order valence-corrected chi connectivity index (χ3v) is 2.99. The van der Waals surface area contributed by atoms with E-state index in [1.807, 2.05) is 24.3 Å². The van der Waals surface area contributed by atoms with E-state index in [9.17, 15) is 4.39 Å².